The molecule has 0 atom stereocenters. The fourth-order valence-electron chi connectivity index (χ4n) is 6.64. The van der Waals surface area contributed by atoms with Crippen LogP contribution in [0.3, 0.4) is 0 Å². The first kappa shape index (κ1) is 37.2. The number of hydrogen-bond acceptors (Lipinski definition) is 4. The van der Waals surface area contributed by atoms with E-state index in [0.29, 0.717) is 17.0 Å². The first-order valence-electron chi connectivity index (χ1n) is 17.8. The minimum absolute atomic E-state index is 0. The third kappa shape index (κ3) is 7.11. The van der Waals surface area contributed by atoms with Crippen LogP contribution in [0.5, 0.6) is 5.75 Å². The largest absolute Gasteiger partial charge is 0.507 e. The number of aromatic nitrogens is 2. The molecule has 7 aromatic rings. The molecule has 0 unspecified atom stereocenters. The SMILES string of the molecule is Cc1ccnc2c(-c3[c-]c(-c4cc(-c5cc(C(C)(C)C)cc(C(C)(C)C)c5)cc5oc(-c6ccccc6O)nc45)ccc3)cc(C(C)(C)C)cc12.[Pt]. The Morgan fingerprint density at radius 3 is 1.79 bits per heavy atom. The van der Waals surface area contributed by atoms with Gasteiger partial charge in [-0.1, -0.05) is 122 Å². The average molecular weight is 867 g/mol. The van der Waals surface area contributed by atoms with Crippen LogP contribution in [0.15, 0.2) is 102 Å². The van der Waals surface area contributed by atoms with E-state index >= 15 is 0 Å². The van der Waals surface area contributed by atoms with Crippen molar-refractivity contribution in [3.8, 4) is 50.6 Å². The molecule has 0 radical (unpaired) electrons. The zero-order chi connectivity index (χ0) is 36.5. The number of pyridine rings is 1. The van der Waals surface area contributed by atoms with Crippen LogP contribution in [0, 0.1) is 13.0 Å². The van der Waals surface area contributed by atoms with E-state index < -0.39 is 0 Å². The maximum atomic E-state index is 10.8. The van der Waals surface area contributed by atoms with Gasteiger partial charge >= 0.3 is 0 Å². The predicted octanol–water partition coefficient (Wildman–Crippen LogP) is 12.7. The molecule has 0 aliphatic rings. The molecule has 0 aliphatic carbocycles. The summed E-state index contributed by atoms with van der Waals surface area (Å²) >= 11 is 0. The van der Waals surface area contributed by atoms with Crippen molar-refractivity contribution in [3.05, 3.63) is 126 Å². The molecule has 52 heavy (non-hydrogen) atoms. The van der Waals surface area contributed by atoms with Gasteiger partial charge in [0, 0.05) is 32.8 Å². The number of hydrogen-bond donors (Lipinski definition) is 1. The summed E-state index contributed by atoms with van der Waals surface area (Å²) in [5.41, 5.74) is 13.8. The summed E-state index contributed by atoms with van der Waals surface area (Å²) in [7, 11) is 0. The molecule has 268 valence electrons. The van der Waals surface area contributed by atoms with E-state index in [1.165, 1.54) is 22.3 Å². The van der Waals surface area contributed by atoms with E-state index in [-0.39, 0.29) is 43.1 Å². The third-order valence-corrected chi connectivity index (χ3v) is 9.93. The van der Waals surface area contributed by atoms with Crippen molar-refractivity contribution in [2.45, 2.75) is 85.5 Å². The maximum Gasteiger partial charge on any atom is 0.230 e. The summed E-state index contributed by atoms with van der Waals surface area (Å²) in [4.78, 5) is 9.90. The van der Waals surface area contributed by atoms with Gasteiger partial charge in [-0.3, -0.25) is 4.98 Å². The minimum atomic E-state index is -0.0447. The molecular formula is C47H47N2O2Pt-. The van der Waals surface area contributed by atoms with E-state index in [1.807, 2.05) is 18.3 Å². The van der Waals surface area contributed by atoms with Crippen molar-refractivity contribution >= 4 is 22.0 Å². The number of aryl methyl sites for hydroxylation is 1. The van der Waals surface area contributed by atoms with Crippen LogP contribution < -0.4 is 0 Å². The molecule has 0 amide bonds. The Morgan fingerprint density at radius 2 is 1.17 bits per heavy atom. The number of oxazole rings is 1. The maximum absolute atomic E-state index is 10.8. The van der Waals surface area contributed by atoms with Gasteiger partial charge in [0.2, 0.25) is 5.89 Å². The third-order valence-electron chi connectivity index (χ3n) is 9.93. The van der Waals surface area contributed by atoms with Crippen LogP contribution in [-0.4, -0.2) is 15.1 Å². The summed E-state index contributed by atoms with van der Waals surface area (Å²) in [6.07, 6.45) is 1.89. The van der Waals surface area contributed by atoms with Crippen molar-refractivity contribution in [2.24, 2.45) is 0 Å². The van der Waals surface area contributed by atoms with Gasteiger partial charge in [-0.05, 0) is 86.2 Å². The van der Waals surface area contributed by atoms with Gasteiger partial charge in [-0.25, -0.2) is 4.98 Å². The Bertz CT molecular complexity index is 2420. The monoisotopic (exact) mass is 866 g/mol. The first-order chi connectivity index (χ1) is 24.0. The van der Waals surface area contributed by atoms with Gasteiger partial charge in [0.1, 0.15) is 11.3 Å². The minimum Gasteiger partial charge on any atom is -0.507 e. The van der Waals surface area contributed by atoms with E-state index in [2.05, 4.69) is 142 Å². The number of fused-ring (bicyclic) bond motifs is 2. The fourth-order valence-corrected chi connectivity index (χ4v) is 6.64. The summed E-state index contributed by atoms with van der Waals surface area (Å²) in [5.74, 6) is 0.500. The molecule has 4 nitrogen and oxygen atoms in total. The summed E-state index contributed by atoms with van der Waals surface area (Å²) in [5, 5.41) is 11.9. The number of rotatable bonds is 4. The number of phenols is 1. The molecule has 5 heteroatoms. The van der Waals surface area contributed by atoms with Crippen molar-refractivity contribution in [1.82, 2.24) is 9.97 Å². The molecule has 7 rings (SSSR count). The van der Waals surface area contributed by atoms with Crippen LogP contribution in [0.2, 0.25) is 0 Å². The average Bonchev–Trinajstić information content (AvgIpc) is 3.50. The Morgan fingerprint density at radius 1 is 0.596 bits per heavy atom. The van der Waals surface area contributed by atoms with Crippen molar-refractivity contribution < 1.29 is 30.6 Å². The van der Waals surface area contributed by atoms with Gasteiger partial charge in [-0.15, -0.1) is 35.4 Å². The van der Waals surface area contributed by atoms with E-state index in [4.69, 9.17) is 14.4 Å². The fraction of sp³-hybridized carbons (Fsp3) is 0.277. The summed E-state index contributed by atoms with van der Waals surface area (Å²) < 4.78 is 6.50. The van der Waals surface area contributed by atoms with Crippen LogP contribution >= 0.6 is 0 Å². The van der Waals surface area contributed by atoms with Gasteiger partial charge in [-0.2, -0.15) is 0 Å². The van der Waals surface area contributed by atoms with Crippen LogP contribution in [0.4, 0.5) is 0 Å². The smallest absolute Gasteiger partial charge is 0.230 e. The molecule has 2 aromatic heterocycles. The summed E-state index contributed by atoms with van der Waals surface area (Å²) in [6, 6.07) is 35.2. The molecule has 0 saturated heterocycles. The first-order valence-corrected chi connectivity index (χ1v) is 17.8. The number of nitrogens with zero attached hydrogens (tertiary/aromatic N) is 2. The Kier molecular flexibility index (Phi) is 9.64. The molecule has 5 aromatic carbocycles. The van der Waals surface area contributed by atoms with Crippen LogP contribution in [-0.2, 0) is 37.3 Å². The Balaban J connectivity index is 0.00000464. The van der Waals surface area contributed by atoms with Gasteiger partial charge in [0.05, 0.1) is 11.1 Å². The van der Waals surface area contributed by atoms with E-state index in [0.717, 1.165) is 49.8 Å². The topological polar surface area (TPSA) is 59.2 Å². The second-order valence-electron chi connectivity index (χ2n) is 17.0. The normalized spacial score (nSPS) is 12.3. The summed E-state index contributed by atoms with van der Waals surface area (Å²) in [6.45, 7) is 22.5. The van der Waals surface area contributed by atoms with Crippen molar-refractivity contribution in [1.29, 1.82) is 0 Å². The molecule has 0 fully saturated rings. The molecular weight excluding hydrogens is 820 g/mol. The molecule has 0 bridgehead atoms. The van der Waals surface area contributed by atoms with Crippen LogP contribution in [0.25, 0.3) is 66.8 Å². The number of para-hydroxylation sites is 1. The molecule has 2 heterocycles. The quantitative estimate of drug-likeness (QED) is 0.179. The van der Waals surface area contributed by atoms with E-state index in [9.17, 15) is 5.11 Å². The molecule has 0 spiro atoms. The van der Waals surface area contributed by atoms with Crippen molar-refractivity contribution in [3.63, 3.8) is 0 Å². The zero-order valence-electron chi connectivity index (χ0n) is 31.8. The zero-order valence-corrected chi connectivity index (χ0v) is 34.1. The number of benzene rings is 5. The molecule has 0 saturated carbocycles. The molecule has 1 N–H and O–H groups in total. The van der Waals surface area contributed by atoms with Crippen molar-refractivity contribution in [2.75, 3.05) is 0 Å². The number of phenolic OH excluding ortho intramolecular Hbond substituents is 1. The van der Waals surface area contributed by atoms with E-state index in [1.54, 1.807) is 12.1 Å². The molecule has 0 aliphatic heterocycles. The predicted molar refractivity (Wildman–Crippen MR) is 212 cm³/mol. The van der Waals surface area contributed by atoms with Gasteiger partial charge in [0.15, 0.2) is 0 Å². The Labute approximate surface area is 322 Å². The Hall–Kier alpha value is -4.53. The van der Waals surface area contributed by atoms with Gasteiger partial charge in [0.25, 0.3) is 0 Å². The van der Waals surface area contributed by atoms with Gasteiger partial charge < -0.3 is 9.52 Å². The second-order valence-corrected chi connectivity index (χ2v) is 17.0. The number of aromatic hydroxyl groups is 1. The van der Waals surface area contributed by atoms with Crippen LogP contribution in [0.1, 0.15) is 84.6 Å². The standard InChI is InChI=1S/C47H47N2O2.Pt/c1-28-18-19-48-42-37(28)26-35(47(8,9)10)27-39(42)30-15-13-14-29(20-30)38-23-32(31-21-33(45(2,3)4)25-34(22-31)46(5,6)7)24-41-43(38)49-44(51-41)36-16-11-12-17-40(36)50;/h11-19,21-27,50H,1-10H3;/q-1;. The second kappa shape index (κ2) is 13.5.